The molecule has 0 spiro atoms. The van der Waals surface area contributed by atoms with E-state index in [-0.39, 0.29) is 18.3 Å². The van der Waals surface area contributed by atoms with Gasteiger partial charge in [-0.1, -0.05) is 0 Å². The van der Waals surface area contributed by atoms with Crippen LogP contribution < -0.4 is 0 Å². The highest BCUT2D eigenvalue weighted by molar-refractivity contribution is 9.10. The van der Waals surface area contributed by atoms with Gasteiger partial charge in [-0.05, 0) is 75.2 Å². The minimum Gasteiger partial charge on any atom is -0.478 e. The summed E-state index contributed by atoms with van der Waals surface area (Å²) in [5.41, 5.74) is 3.13. The third-order valence-corrected chi connectivity index (χ3v) is 4.90. The molecule has 0 unspecified atom stereocenters. The lowest BCUT2D eigenvalue weighted by molar-refractivity contribution is 0.325. The first kappa shape index (κ1) is 21.9. The van der Waals surface area contributed by atoms with Crippen LogP contribution in [0.2, 0.25) is 0 Å². The quantitative estimate of drug-likeness (QED) is 0.243. The Bertz CT molecular complexity index is 1160. The molecule has 0 saturated carbocycles. The number of nitrogens with one attached hydrogen (secondary N) is 3. The first-order valence-electron chi connectivity index (χ1n) is 7.92. The Kier molecular flexibility index (Phi) is 7.57. The number of fused-ring (bicyclic) bond motifs is 2. The van der Waals surface area contributed by atoms with Gasteiger partial charge in [-0.3, -0.25) is 15.6 Å². The van der Waals surface area contributed by atoms with Crippen LogP contribution in [0.1, 0.15) is 18.1 Å². The molecule has 2 aromatic heterocycles. The zero-order valence-corrected chi connectivity index (χ0v) is 18.6. The molecule has 4 rings (SSSR count). The highest BCUT2D eigenvalue weighted by Crippen LogP contribution is 2.22. The van der Waals surface area contributed by atoms with Crippen molar-refractivity contribution in [2.24, 2.45) is 0 Å². The molecule has 0 bridgehead atoms. The molecular formula is C18H15Br2ClN6O. The Morgan fingerprint density at radius 2 is 1.64 bits per heavy atom. The van der Waals surface area contributed by atoms with E-state index in [4.69, 9.17) is 15.4 Å². The Hall–Kier alpha value is -2.41. The van der Waals surface area contributed by atoms with Gasteiger partial charge in [0.05, 0.1) is 29.3 Å². The summed E-state index contributed by atoms with van der Waals surface area (Å²) >= 11 is 6.66. The zero-order valence-electron chi connectivity index (χ0n) is 14.6. The van der Waals surface area contributed by atoms with Crippen molar-refractivity contribution < 1.29 is 4.74 Å². The highest BCUT2D eigenvalue weighted by atomic mass is 79.9. The number of hydrogen-bond donors (Lipinski definition) is 3. The lowest BCUT2D eigenvalue weighted by atomic mass is 10.1. The number of nitriles is 1. The van der Waals surface area contributed by atoms with Crippen LogP contribution in [-0.2, 0) is 4.74 Å². The number of benzene rings is 2. The summed E-state index contributed by atoms with van der Waals surface area (Å²) in [4.78, 5) is 0. The van der Waals surface area contributed by atoms with Crippen molar-refractivity contribution in [3.8, 4) is 6.07 Å². The summed E-state index contributed by atoms with van der Waals surface area (Å²) in [5, 5.41) is 31.9. The van der Waals surface area contributed by atoms with Crippen LogP contribution in [0.3, 0.4) is 0 Å². The summed E-state index contributed by atoms with van der Waals surface area (Å²) in [7, 11) is 0. The molecule has 28 heavy (non-hydrogen) atoms. The van der Waals surface area contributed by atoms with Crippen LogP contribution in [0, 0.1) is 16.7 Å². The fourth-order valence-corrected chi connectivity index (χ4v) is 3.21. The molecular weight excluding hydrogens is 512 g/mol. The van der Waals surface area contributed by atoms with E-state index in [1.807, 2.05) is 31.2 Å². The molecule has 0 saturated heterocycles. The maximum Gasteiger partial charge on any atom is 0.213 e. The zero-order chi connectivity index (χ0) is 19.4. The molecule has 0 aliphatic heterocycles. The topological polar surface area (TPSA) is 114 Å². The van der Waals surface area contributed by atoms with Crippen molar-refractivity contribution in [3.05, 3.63) is 56.7 Å². The van der Waals surface area contributed by atoms with Gasteiger partial charge in [0.1, 0.15) is 9.21 Å². The Morgan fingerprint density at radius 3 is 2.21 bits per heavy atom. The fraction of sp³-hybridized carbons (Fsp3) is 0.111. The minimum absolute atomic E-state index is 0. The average Bonchev–Trinajstić information content (AvgIpc) is 3.25. The fourth-order valence-electron chi connectivity index (χ4n) is 2.40. The monoisotopic (exact) mass is 524 g/mol. The molecule has 0 aliphatic carbocycles. The predicted molar refractivity (Wildman–Crippen MR) is 118 cm³/mol. The van der Waals surface area contributed by atoms with Crippen molar-refractivity contribution in [1.29, 1.82) is 10.7 Å². The number of halogens is 3. The molecule has 2 heterocycles. The Balaban J connectivity index is 0.000000198. The van der Waals surface area contributed by atoms with Gasteiger partial charge in [-0.25, -0.2) is 0 Å². The van der Waals surface area contributed by atoms with Gasteiger partial charge in [0.2, 0.25) is 5.90 Å². The lowest BCUT2D eigenvalue weighted by Crippen LogP contribution is -2.04. The summed E-state index contributed by atoms with van der Waals surface area (Å²) in [6.07, 6.45) is 0. The van der Waals surface area contributed by atoms with E-state index in [1.165, 1.54) is 0 Å². The molecule has 4 aromatic rings. The highest BCUT2D eigenvalue weighted by Gasteiger charge is 2.07. The molecule has 0 fully saturated rings. The molecule has 144 valence electrons. The standard InChI is InChI=1S/C10H10BrN3O.C8H4BrN3.ClH/c1-2-15-10(12)6-3-4-8-7(5-6)9(11)14-13-8;9-8-6-3-5(4-10)1-2-7(6)11-12-8;/h3-5,12H,2H2,1H3,(H,13,14);1-3H,(H,11,12);1H. The minimum atomic E-state index is 0. The number of aromatic nitrogens is 4. The van der Waals surface area contributed by atoms with Crippen molar-refractivity contribution in [2.45, 2.75) is 6.92 Å². The smallest absolute Gasteiger partial charge is 0.213 e. The molecule has 10 heteroatoms. The van der Waals surface area contributed by atoms with Crippen LogP contribution in [0.25, 0.3) is 21.8 Å². The number of aromatic amines is 2. The number of rotatable bonds is 2. The average molecular weight is 527 g/mol. The second kappa shape index (κ2) is 9.68. The molecule has 7 nitrogen and oxygen atoms in total. The second-order valence-corrected chi connectivity index (χ2v) is 7.00. The molecule has 3 N–H and O–H groups in total. The first-order valence-corrected chi connectivity index (χ1v) is 9.51. The van der Waals surface area contributed by atoms with Gasteiger partial charge < -0.3 is 4.74 Å². The number of ether oxygens (including phenoxy) is 1. The van der Waals surface area contributed by atoms with Gasteiger partial charge >= 0.3 is 0 Å². The lowest BCUT2D eigenvalue weighted by Gasteiger charge is -2.04. The maximum absolute atomic E-state index is 8.63. The van der Waals surface area contributed by atoms with Crippen LogP contribution >= 0.6 is 44.3 Å². The second-order valence-electron chi connectivity index (χ2n) is 5.41. The van der Waals surface area contributed by atoms with E-state index in [0.717, 1.165) is 36.6 Å². The number of nitrogens with zero attached hydrogens (tertiary/aromatic N) is 3. The predicted octanol–water partition coefficient (Wildman–Crippen LogP) is 5.31. The van der Waals surface area contributed by atoms with E-state index in [9.17, 15) is 0 Å². The van der Waals surface area contributed by atoms with Gasteiger partial charge in [0.25, 0.3) is 0 Å². The van der Waals surface area contributed by atoms with Crippen molar-refractivity contribution in [3.63, 3.8) is 0 Å². The van der Waals surface area contributed by atoms with Gasteiger partial charge in [-0.2, -0.15) is 15.5 Å². The van der Waals surface area contributed by atoms with E-state index in [0.29, 0.717) is 12.2 Å². The van der Waals surface area contributed by atoms with Crippen molar-refractivity contribution >= 4 is 72.0 Å². The van der Waals surface area contributed by atoms with Crippen LogP contribution in [0.15, 0.2) is 45.6 Å². The van der Waals surface area contributed by atoms with Gasteiger partial charge in [-0.15, -0.1) is 12.4 Å². The summed E-state index contributed by atoms with van der Waals surface area (Å²) in [6.45, 7) is 2.37. The summed E-state index contributed by atoms with van der Waals surface area (Å²) in [5.74, 6) is 0.188. The number of H-pyrrole nitrogens is 2. The van der Waals surface area contributed by atoms with Gasteiger partial charge in [0.15, 0.2) is 0 Å². The van der Waals surface area contributed by atoms with Crippen molar-refractivity contribution in [1.82, 2.24) is 20.4 Å². The molecule has 0 atom stereocenters. The largest absolute Gasteiger partial charge is 0.478 e. The molecule has 2 aromatic carbocycles. The summed E-state index contributed by atoms with van der Waals surface area (Å²) < 4.78 is 6.77. The van der Waals surface area contributed by atoms with Crippen molar-refractivity contribution in [2.75, 3.05) is 6.61 Å². The SMILES string of the molecule is CCOC(=N)c1ccc2n[nH]c(Br)c2c1.Cl.N#Cc1ccc2n[nH]c(Br)c2c1. The van der Waals surface area contributed by atoms with E-state index in [2.05, 4.69) is 58.3 Å². The van der Waals surface area contributed by atoms with E-state index in [1.54, 1.807) is 12.1 Å². The van der Waals surface area contributed by atoms with Crippen LogP contribution in [0.4, 0.5) is 0 Å². The Morgan fingerprint density at radius 1 is 1.07 bits per heavy atom. The Labute approximate surface area is 183 Å². The number of hydrogen-bond acceptors (Lipinski definition) is 5. The van der Waals surface area contributed by atoms with Crippen LogP contribution in [-0.4, -0.2) is 32.9 Å². The van der Waals surface area contributed by atoms with E-state index >= 15 is 0 Å². The van der Waals surface area contributed by atoms with E-state index < -0.39 is 0 Å². The molecule has 0 radical (unpaired) electrons. The first-order chi connectivity index (χ1) is 13.0. The molecule has 0 amide bonds. The third kappa shape index (κ3) is 4.70. The third-order valence-electron chi connectivity index (χ3n) is 3.70. The maximum atomic E-state index is 8.63. The normalized spacial score (nSPS) is 9.93. The van der Waals surface area contributed by atoms with Crippen LogP contribution in [0.5, 0.6) is 0 Å². The summed E-state index contributed by atoms with van der Waals surface area (Å²) in [6, 6.07) is 13.0. The van der Waals surface area contributed by atoms with Gasteiger partial charge in [0, 0.05) is 16.3 Å². The molecule has 0 aliphatic rings.